The van der Waals surface area contributed by atoms with Crippen molar-refractivity contribution in [2.24, 2.45) is 0 Å². The fourth-order valence-corrected chi connectivity index (χ4v) is 1.68. The van der Waals surface area contributed by atoms with Crippen molar-refractivity contribution < 1.29 is 9.09 Å². The van der Waals surface area contributed by atoms with Gasteiger partial charge in [0.2, 0.25) is 8.69 Å². The number of rotatable bonds is 3. The molecule has 0 amide bonds. The Morgan fingerprint density at radius 2 is 1.40 bits per heavy atom. The molecule has 2 nitrogen and oxygen atoms in total. The van der Waals surface area contributed by atoms with E-state index in [0.717, 1.165) is 5.56 Å². The zero-order valence-corrected chi connectivity index (χ0v) is 9.24. The molecule has 0 heterocycles. The summed E-state index contributed by atoms with van der Waals surface area (Å²) in [7, 11) is -1.18. The van der Waals surface area contributed by atoms with E-state index < -0.39 is 8.69 Å². The largest absolute Gasteiger partial charge is 0.447 e. The molecule has 1 unspecified atom stereocenters. The summed E-state index contributed by atoms with van der Waals surface area (Å²) in [5, 5.41) is 0. The first-order valence-corrected chi connectivity index (χ1v) is 5.60. The molecule has 76 valence electrons. The molecule has 0 fully saturated rings. The van der Waals surface area contributed by atoms with Crippen LogP contribution in [0.5, 0.6) is 5.75 Å². The fraction of sp³-hybridized carbons (Fsp3) is 0. The van der Waals surface area contributed by atoms with Crippen molar-refractivity contribution in [1.29, 1.82) is 0 Å². The first kappa shape index (κ1) is 10.0. The van der Waals surface area contributed by atoms with Crippen molar-refractivity contribution in [2.75, 3.05) is 0 Å². The molecule has 2 rings (SSSR count). The summed E-state index contributed by atoms with van der Waals surface area (Å²) in [5.41, 5.74) is 2.29. The summed E-state index contributed by atoms with van der Waals surface area (Å²) >= 11 is 0. The monoisotopic (exact) mass is 218 g/mol. The molecule has 0 N–H and O–H groups in total. The van der Waals surface area contributed by atoms with Crippen LogP contribution in [-0.4, -0.2) is 0 Å². The van der Waals surface area contributed by atoms with Crippen LogP contribution in [0.25, 0.3) is 11.1 Å². The van der Waals surface area contributed by atoms with Crippen molar-refractivity contribution in [3.8, 4) is 16.9 Å². The summed E-state index contributed by atoms with van der Waals surface area (Å²) in [6.45, 7) is 0. The van der Waals surface area contributed by atoms with Crippen LogP contribution in [-0.2, 0) is 4.57 Å². The van der Waals surface area contributed by atoms with Crippen molar-refractivity contribution in [3.63, 3.8) is 0 Å². The minimum absolute atomic E-state index is 0.652. The maximum absolute atomic E-state index is 10.3. The van der Waals surface area contributed by atoms with Gasteiger partial charge in [-0.3, -0.25) is 4.57 Å². The highest BCUT2D eigenvalue weighted by Gasteiger charge is 1.96. The summed E-state index contributed by atoms with van der Waals surface area (Å²) in [6.07, 6.45) is 0. The van der Waals surface area contributed by atoms with Crippen LogP contribution in [0.3, 0.4) is 0 Å². The molecule has 3 heteroatoms. The molecular weight excluding hydrogens is 207 g/mol. The Balaban J connectivity index is 2.28. The molecule has 0 aliphatic carbocycles. The van der Waals surface area contributed by atoms with Crippen molar-refractivity contribution in [1.82, 2.24) is 0 Å². The Labute approximate surface area is 89.8 Å². The standard InChI is InChI=1S/C12H11O2P/c13-15-14-12-8-6-11(7-9-12)10-4-2-1-3-5-10/h1-9H,15H2. The highest BCUT2D eigenvalue weighted by molar-refractivity contribution is 7.17. The fourth-order valence-electron chi connectivity index (χ4n) is 1.41. The van der Waals surface area contributed by atoms with Gasteiger partial charge >= 0.3 is 0 Å². The van der Waals surface area contributed by atoms with Gasteiger partial charge in [-0.25, -0.2) is 0 Å². The number of benzene rings is 2. The van der Waals surface area contributed by atoms with E-state index in [0.29, 0.717) is 5.75 Å². The van der Waals surface area contributed by atoms with Crippen molar-refractivity contribution in [2.45, 2.75) is 0 Å². The predicted molar refractivity (Wildman–Crippen MR) is 62.9 cm³/mol. The third-order valence-corrected chi connectivity index (χ3v) is 2.51. The Hall–Kier alpha value is -1.53. The van der Waals surface area contributed by atoms with Crippen LogP contribution in [0.15, 0.2) is 54.6 Å². The summed E-state index contributed by atoms with van der Waals surface area (Å²) < 4.78 is 15.2. The molecule has 0 saturated heterocycles. The SMILES string of the molecule is O=[PH2]Oc1ccc(-c2ccccc2)cc1. The lowest BCUT2D eigenvalue weighted by atomic mass is 10.1. The third kappa shape index (κ3) is 2.48. The van der Waals surface area contributed by atoms with Crippen LogP contribution >= 0.6 is 8.69 Å². The predicted octanol–water partition coefficient (Wildman–Crippen LogP) is 3.40. The Morgan fingerprint density at radius 1 is 0.800 bits per heavy atom. The van der Waals surface area contributed by atoms with Crippen molar-refractivity contribution in [3.05, 3.63) is 54.6 Å². The van der Waals surface area contributed by atoms with E-state index in [1.54, 1.807) is 0 Å². The molecule has 0 aliphatic heterocycles. The minimum atomic E-state index is -1.18. The minimum Gasteiger partial charge on any atom is -0.447 e. The van der Waals surface area contributed by atoms with Gasteiger partial charge in [0.05, 0.1) is 0 Å². The molecule has 2 aromatic carbocycles. The molecule has 0 saturated carbocycles. The molecule has 0 radical (unpaired) electrons. The lowest BCUT2D eigenvalue weighted by molar-refractivity contribution is 0.525. The van der Waals surface area contributed by atoms with E-state index in [9.17, 15) is 4.57 Å². The maximum Gasteiger partial charge on any atom is 0.225 e. The summed E-state index contributed by atoms with van der Waals surface area (Å²) in [4.78, 5) is 0. The molecular formula is C12H11O2P. The van der Waals surface area contributed by atoms with Gasteiger partial charge in [0.25, 0.3) is 0 Å². The first-order chi connectivity index (χ1) is 7.40. The van der Waals surface area contributed by atoms with Gasteiger partial charge in [-0.15, -0.1) is 0 Å². The van der Waals surface area contributed by atoms with Gasteiger partial charge in [0, 0.05) is 0 Å². The lowest BCUT2D eigenvalue weighted by Gasteiger charge is -2.02. The van der Waals surface area contributed by atoms with Crippen LogP contribution in [0.2, 0.25) is 0 Å². The van der Waals surface area contributed by atoms with Crippen LogP contribution < -0.4 is 4.52 Å². The van der Waals surface area contributed by atoms with E-state index in [2.05, 4.69) is 12.1 Å². The van der Waals surface area contributed by atoms with Crippen LogP contribution in [0, 0.1) is 0 Å². The Bertz CT molecular complexity index is 437. The Kier molecular flexibility index (Phi) is 3.21. The van der Waals surface area contributed by atoms with Gasteiger partial charge < -0.3 is 4.52 Å². The second-order valence-electron chi connectivity index (χ2n) is 3.10. The van der Waals surface area contributed by atoms with Gasteiger partial charge in [-0.1, -0.05) is 42.5 Å². The average Bonchev–Trinajstić information content (AvgIpc) is 2.32. The van der Waals surface area contributed by atoms with Gasteiger partial charge in [-0.05, 0) is 23.3 Å². The molecule has 0 aromatic heterocycles. The molecule has 0 aliphatic rings. The van der Waals surface area contributed by atoms with Gasteiger partial charge in [0.1, 0.15) is 5.75 Å². The summed E-state index contributed by atoms with van der Waals surface area (Å²) in [5.74, 6) is 0.652. The molecule has 0 spiro atoms. The maximum atomic E-state index is 10.3. The molecule has 1 atom stereocenters. The topological polar surface area (TPSA) is 26.3 Å². The molecule has 2 aromatic rings. The normalized spacial score (nSPS) is 10.7. The second-order valence-corrected chi connectivity index (χ2v) is 3.53. The van der Waals surface area contributed by atoms with E-state index in [1.807, 2.05) is 42.5 Å². The number of hydrogen-bond donors (Lipinski definition) is 0. The van der Waals surface area contributed by atoms with E-state index in [1.165, 1.54) is 5.56 Å². The van der Waals surface area contributed by atoms with E-state index in [-0.39, 0.29) is 0 Å². The highest BCUT2D eigenvalue weighted by atomic mass is 31.1. The van der Waals surface area contributed by atoms with Crippen LogP contribution in [0.1, 0.15) is 0 Å². The molecule has 0 bridgehead atoms. The van der Waals surface area contributed by atoms with Crippen LogP contribution in [0.4, 0.5) is 0 Å². The quantitative estimate of drug-likeness (QED) is 0.738. The van der Waals surface area contributed by atoms with E-state index in [4.69, 9.17) is 4.52 Å². The lowest BCUT2D eigenvalue weighted by Crippen LogP contribution is -1.78. The average molecular weight is 218 g/mol. The highest BCUT2D eigenvalue weighted by Crippen LogP contribution is 2.23. The third-order valence-electron chi connectivity index (χ3n) is 2.15. The van der Waals surface area contributed by atoms with Gasteiger partial charge in [-0.2, -0.15) is 0 Å². The smallest absolute Gasteiger partial charge is 0.225 e. The number of hydrogen-bond acceptors (Lipinski definition) is 2. The summed E-state index contributed by atoms with van der Waals surface area (Å²) in [6, 6.07) is 17.7. The molecule has 15 heavy (non-hydrogen) atoms. The second kappa shape index (κ2) is 4.81. The zero-order valence-electron chi connectivity index (χ0n) is 8.09. The van der Waals surface area contributed by atoms with Crippen molar-refractivity contribution >= 4 is 8.69 Å². The Morgan fingerprint density at radius 3 is 2.00 bits per heavy atom. The van der Waals surface area contributed by atoms with Gasteiger partial charge in [0.15, 0.2) is 0 Å². The first-order valence-electron chi connectivity index (χ1n) is 4.66. The van der Waals surface area contributed by atoms with E-state index >= 15 is 0 Å². The zero-order chi connectivity index (χ0) is 10.5.